The zero-order valence-electron chi connectivity index (χ0n) is 15.3. The lowest BCUT2D eigenvalue weighted by Crippen LogP contribution is -2.27. The number of sulfonamides is 1. The fourth-order valence-electron chi connectivity index (χ4n) is 2.22. The lowest BCUT2D eigenvalue weighted by atomic mass is 9.96. The van der Waals surface area contributed by atoms with Gasteiger partial charge in [0.05, 0.1) is 10.9 Å². The van der Waals surface area contributed by atoms with Gasteiger partial charge in [0.25, 0.3) is 0 Å². The Morgan fingerprint density at radius 3 is 2.38 bits per heavy atom. The molecule has 0 aliphatic carbocycles. The lowest BCUT2D eigenvalue weighted by molar-refractivity contribution is -0.121. The second-order valence-corrected chi connectivity index (χ2v) is 8.73. The standard InChI is InChI=1S/C17H24N4O4S/c1-11(12-5-7-13(8-6-12)26(18,23)24)19-14(22)9-10-15-20-16(21-25-15)17(2,3)4/h5-8,11H,9-10H2,1-4H3,(H,19,22)(H2,18,23,24). The minimum atomic E-state index is -3.73. The largest absolute Gasteiger partial charge is 0.350 e. The van der Waals surface area contributed by atoms with Crippen molar-refractivity contribution in [2.24, 2.45) is 5.14 Å². The maximum Gasteiger partial charge on any atom is 0.238 e. The number of aromatic nitrogens is 2. The fourth-order valence-corrected chi connectivity index (χ4v) is 2.74. The molecule has 1 aromatic heterocycles. The third-order valence-corrected chi connectivity index (χ3v) is 4.72. The van der Waals surface area contributed by atoms with E-state index in [0.29, 0.717) is 18.1 Å². The maximum absolute atomic E-state index is 12.1. The van der Waals surface area contributed by atoms with E-state index in [2.05, 4.69) is 15.5 Å². The first-order valence-electron chi connectivity index (χ1n) is 8.22. The molecule has 1 unspecified atom stereocenters. The van der Waals surface area contributed by atoms with E-state index in [-0.39, 0.29) is 28.7 Å². The van der Waals surface area contributed by atoms with Crippen LogP contribution >= 0.6 is 0 Å². The van der Waals surface area contributed by atoms with E-state index in [4.69, 9.17) is 9.66 Å². The van der Waals surface area contributed by atoms with Gasteiger partial charge in [0.2, 0.25) is 21.8 Å². The van der Waals surface area contributed by atoms with Gasteiger partial charge in [0.1, 0.15) is 0 Å². The van der Waals surface area contributed by atoms with Crippen LogP contribution in [-0.4, -0.2) is 24.5 Å². The van der Waals surface area contributed by atoms with E-state index in [1.807, 2.05) is 27.7 Å². The van der Waals surface area contributed by atoms with Crippen LogP contribution in [0.15, 0.2) is 33.7 Å². The Hall–Kier alpha value is -2.26. The summed E-state index contributed by atoms with van der Waals surface area (Å²) in [7, 11) is -3.73. The smallest absolute Gasteiger partial charge is 0.238 e. The van der Waals surface area contributed by atoms with E-state index in [0.717, 1.165) is 5.56 Å². The summed E-state index contributed by atoms with van der Waals surface area (Å²) in [4.78, 5) is 16.4. The zero-order chi connectivity index (χ0) is 19.5. The third kappa shape index (κ3) is 5.37. The summed E-state index contributed by atoms with van der Waals surface area (Å²) in [6, 6.07) is 5.81. The number of hydrogen-bond donors (Lipinski definition) is 2. The SMILES string of the molecule is CC(NC(=O)CCc1nc(C(C)(C)C)no1)c1ccc(S(N)(=O)=O)cc1. The van der Waals surface area contributed by atoms with Gasteiger partial charge in [0.15, 0.2) is 5.82 Å². The molecule has 2 aromatic rings. The topological polar surface area (TPSA) is 128 Å². The molecule has 0 saturated heterocycles. The molecule has 3 N–H and O–H groups in total. The van der Waals surface area contributed by atoms with Gasteiger partial charge in [-0.3, -0.25) is 4.79 Å². The molecule has 1 amide bonds. The highest BCUT2D eigenvalue weighted by Gasteiger charge is 2.21. The van der Waals surface area contributed by atoms with Crippen molar-refractivity contribution in [3.05, 3.63) is 41.5 Å². The van der Waals surface area contributed by atoms with E-state index in [1.54, 1.807) is 12.1 Å². The maximum atomic E-state index is 12.1. The first kappa shape index (κ1) is 20.1. The van der Waals surface area contributed by atoms with Crippen molar-refractivity contribution in [1.82, 2.24) is 15.5 Å². The normalized spacial score (nSPS) is 13.4. The number of primary sulfonamides is 1. The van der Waals surface area contributed by atoms with Crippen molar-refractivity contribution in [2.45, 2.75) is 56.9 Å². The number of benzene rings is 1. The summed E-state index contributed by atoms with van der Waals surface area (Å²) in [5.41, 5.74) is 0.570. The highest BCUT2D eigenvalue weighted by atomic mass is 32.2. The molecule has 1 aromatic carbocycles. The highest BCUT2D eigenvalue weighted by Crippen LogP contribution is 2.19. The Kier molecular flexibility index (Phi) is 5.82. The summed E-state index contributed by atoms with van der Waals surface area (Å²) >= 11 is 0. The molecule has 9 heteroatoms. The minimum Gasteiger partial charge on any atom is -0.350 e. The van der Waals surface area contributed by atoms with Gasteiger partial charge in [-0.05, 0) is 24.6 Å². The second kappa shape index (κ2) is 7.55. The van der Waals surface area contributed by atoms with Crippen LogP contribution < -0.4 is 10.5 Å². The number of amides is 1. The number of carbonyl (C=O) groups is 1. The molecule has 8 nitrogen and oxygen atoms in total. The summed E-state index contributed by atoms with van der Waals surface area (Å²) in [5, 5.41) is 11.8. The van der Waals surface area contributed by atoms with Crippen molar-refractivity contribution < 1.29 is 17.7 Å². The van der Waals surface area contributed by atoms with E-state index in [9.17, 15) is 13.2 Å². The number of nitrogens with zero attached hydrogens (tertiary/aromatic N) is 2. The van der Waals surface area contributed by atoms with Crippen molar-refractivity contribution in [1.29, 1.82) is 0 Å². The molecule has 0 saturated carbocycles. The molecule has 0 aliphatic heterocycles. The number of hydrogen-bond acceptors (Lipinski definition) is 6. The average Bonchev–Trinajstić information content (AvgIpc) is 3.01. The Bertz CT molecular complexity index is 867. The van der Waals surface area contributed by atoms with Crippen LogP contribution in [0, 0.1) is 0 Å². The Balaban J connectivity index is 1.90. The Labute approximate surface area is 153 Å². The summed E-state index contributed by atoms with van der Waals surface area (Å²) in [6.07, 6.45) is 0.567. The van der Waals surface area contributed by atoms with Crippen LogP contribution in [0.3, 0.4) is 0 Å². The molecule has 0 radical (unpaired) electrons. The molecule has 0 aliphatic rings. The minimum absolute atomic E-state index is 0.0332. The molecule has 1 atom stereocenters. The van der Waals surface area contributed by atoms with Crippen molar-refractivity contribution >= 4 is 15.9 Å². The van der Waals surface area contributed by atoms with E-state index in [1.165, 1.54) is 12.1 Å². The number of nitrogens with two attached hydrogens (primary N) is 1. The van der Waals surface area contributed by atoms with Gasteiger partial charge in [-0.1, -0.05) is 38.1 Å². The van der Waals surface area contributed by atoms with E-state index < -0.39 is 10.0 Å². The van der Waals surface area contributed by atoms with Crippen molar-refractivity contribution in [3.8, 4) is 0 Å². The lowest BCUT2D eigenvalue weighted by Gasteiger charge is -2.14. The van der Waals surface area contributed by atoms with Crippen LogP contribution in [0.2, 0.25) is 0 Å². The number of rotatable bonds is 6. The molecule has 142 valence electrons. The first-order chi connectivity index (χ1) is 12.0. The predicted molar refractivity (Wildman–Crippen MR) is 95.7 cm³/mol. The van der Waals surface area contributed by atoms with Crippen molar-refractivity contribution in [3.63, 3.8) is 0 Å². The van der Waals surface area contributed by atoms with Crippen LogP contribution in [0.5, 0.6) is 0 Å². The summed E-state index contributed by atoms with van der Waals surface area (Å²) in [6.45, 7) is 7.76. The first-order valence-corrected chi connectivity index (χ1v) is 9.76. The van der Waals surface area contributed by atoms with E-state index >= 15 is 0 Å². The molecular formula is C17H24N4O4S. The van der Waals surface area contributed by atoms with Gasteiger partial charge in [-0.25, -0.2) is 13.6 Å². The Morgan fingerprint density at radius 2 is 1.88 bits per heavy atom. The number of aryl methyl sites for hydroxylation is 1. The Morgan fingerprint density at radius 1 is 1.27 bits per heavy atom. The van der Waals surface area contributed by atoms with Gasteiger partial charge in [-0.15, -0.1) is 0 Å². The van der Waals surface area contributed by atoms with Gasteiger partial charge >= 0.3 is 0 Å². The molecule has 0 fully saturated rings. The summed E-state index contributed by atoms with van der Waals surface area (Å²) in [5.74, 6) is 0.870. The van der Waals surface area contributed by atoms with Crippen molar-refractivity contribution in [2.75, 3.05) is 0 Å². The quantitative estimate of drug-likeness (QED) is 0.787. The number of nitrogens with one attached hydrogen (secondary N) is 1. The monoisotopic (exact) mass is 380 g/mol. The van der Waals surface area contributed by atoms with Gasteiger partial charge in [-0.2, -0.15) is 4.98 Å². The fraction of sp³-hybridized carbons (Fsp3) is 0.471. The number of carbonyl (C=O) groups excluding carboxylic acids is 1. The third-order valence-electron chi connectivity index (χ3n) is 3.79. The molecule has 0 spiro atoms. The van der Waals surface area contributed by atoms with Crippen LogP contribution in [0.25, 0.3) is 0 Å². The molecular weight excluding hydrogens is 356 g/mol. The van der Waals surface area contributed by atoms with Gasteiger partial charge in [0, 0.05) is 18.3 Å². The molecule has 2 rings (SSSR count). The highest BCUT2D eigenvalue weighted by molar-refractivity contribution is 7.89. The van der Waals surface area contributed by atoms with Gasteiger partial charge < -0.3 is 9.84 Å². The average molecular weight is 380 g/mol. The molecule has 1 heterocycles. The zero-order valence-corrected chi connectivity index (χ0v) is 16.1. The van der Waals surface area contributed by atoms with Crippen LogP contribution in [-0.2, 0) is 26.7 Å². The molecule has 0 bridgehead atoms. The van der Waals surface area contributed by atoms with Crippen LogP contribution in [0.1, 0.15) is 57.4 Å². The summed E-state index contributed by atoms with van der Waals surface area (Å²) < 4.78 is 27.7. The second-order valence-electron chi connectivity index (χ2n) is 7.16. The predicted octanol–water partition coefficient (Wildman–Crippen LogP) is 1.82. The van der Waals surface area contributed by atoms with Crippen LogP contribution in [0.4, 0.5) is 0 Å². The molecule has 26 heavy (non-hydrogen) atoms.